The Morgan fingerprint density at radius 3 is 2.28 bits per heavy atom. The Morgan fingerprint density at radius 1 is 1.22 bits per heavy atom. The standard InChI is InChI=1S/C13H30N4S/c1-7-17(8-2)10-9-15-12(14-5)16-11-13(3,4)18-6/h7-11H2,1-6H3,(H2,14,15,16). The Balaban J connectivity index is 3.92. The summed E-state index contributed by atoms with van der Waals surface area (Å²) in [6, 6.07) is 0. The van der Waals surface area contributed by atoms with Crippen LogP contribution >= 0.6 is 11.8 Å². The van der Waals surface area contributed by atoms with Crippen molar-refractivity contribution in [2.45, 2.75) is 32.4 Å². The number of nitrogens with one attached hydrogen (secondary N) is 2. The molecule has 0 spiro atoms. The normalized spacial score (nSPS) is 12.9. The zero-order valence-corrected chi connectivity index (χ0v) is 13.7. The van der Waals surface area contributed by atoms with Gasteiger partial charge in [0, 0.05) is 31.4 Å². The minimum atomic E-state index is 0.233. The van der Waals surface area contributed by atoms with Crippen molar-refractivity contribution in [3.63, 3.8) is 0 Å². The molecule has 0 amide bonds. The zero-order valence-electron chi connectivity index (χ0n) is 12.8. The van der Waals surface area contributed by atoms with Crippen LogP contribution in [0.5, 0.6) is 0 Å². The van der Waals surface area contributed by atoms with Crippen molar-refractivity contribution in [3.05, 3.63) is 0 Å². The summed E-state index contributed by atoms with van der Waals surface area (Å²) in [5.74, 6) is 0.893. The molecule has 108 valence electrons. The van der Waals surface area contributed by atoms with Crippen molar-refractivity contribution >= 4 is 17.7 Å². The molecule has 0 saturated carbocycles. The highest BCUT2D eigenvalue weighted by Gasteiger charge is 2.15. The lowest BCUT2D eigenvalue weighted by Crippen LogP contribution is -2.45. The summed E-state index contributed by atoms with van der Waals surface area (Å²) in [7, 11) is 1.82. The molecular formula is C13H30N4S. The van der Waals surface area contributed by atoms with Gasteiger partial charge in [0.15, 0.2) is 5.96 Å². The molecule has 0 aromatic rings. The van der Waals surface area contributed by atoms with Gasteiger partial charge in [-0.1, -0.05) is 13.8 Å². The summed E-state index contributed by atoms with van der Waals surface area (Å²) in [5.41, 5.74) is 0. The van der Waals surface area contributed by atoms with Crippen LogP contribution < -0.4 is 10.6 Å². The Morgan fingerprint density at radius 2 is 1.83 bits per heavy atom. The number of aliphatic imine (C=N–C) groups is 1. The quantitative estimate of drug-likeness (QED) is 0.521. The summed E-state index contributed by atoms with van der Waals surface area (Å²) in [6.45, 7) is 13.9. The number of thioether (sulfide) groups is 1. The minimum Gasteiger partial charge on any atom is -0.355 e. The van der Waals surface area contributed by atoms with E-state index in [2.05, 4.69) is 54.5 Å². The second-order valence-electron chi connectivity index (χ2n) is 4.84. The highest BCUT2D eigenvalue weighted by atomic mass is 32.2. The maximum absolute atomic E-state index is 4.24. The predicted octanol–water partition coefficient (Wildman–Crippen LogP) is 1.63. The molecule has 0 aromatic heterocycles. The van der Waals surface area contributed by atoms with Gasteiger partial charge >= 0.3 is 0 Å². The maximum atomic E-state index is 4.24. The van der Waals surface area contributed by atoms with E-state index < -0.39 is 0 Å². The van der Waals surface area contributed by atoms with E-state index in [0.29, 0.717) is 0 Å². The summed E-state index contributed by atoms with van der Waals surface area (Å²) >= 11 is 1.86. The SMILES string of the molecule is CCN(CC)CCNC(=NC)NCC(C)(C)SC. The van der Waals surface area contributed by atoms with Gasteiger partial charge < -0.3 is 15.5 Å². The van der Waals surface area contributed by atoms with Crippen LogP contribution in [0.3, 0.4) is 0 Å². The van der Waals surface area contributed by atoms with E-state index >= 15 is 0 Å². The van der Waals surface area contributed by atoms with Crippen molar-refractivity contribution in [2.75, 3.05) is 46.0 Å². The summed E-state index contributed by atoms with van der Waals surface area (Å²) < 4.78 is 0.233. The second-order valence-corrected chi connectivity index (χ2v) is 6.36. The largest absolute Gasteiger partial charge is 0.355 e. The van der Waals surface area contributed by atoms with Crippen LogP contribution in [0.15, 0.2) is 4.99 Å². The average molecular weight is 274 g/mol. The minimum absolute atomic E-state index is 0.233. The second kappa shape index (κ2) is 9.50. The maximum Gasteiger partial charge on any atom is 0.191 e. The molecule has 0 aliphatic heterocycles. The Labute approximate surface area is 117 Å². The number of hydrogen-bond donors (Lipinski definition) is 2. The molecule has 5 heteroatoms. The van der Waals surface area contributed by atoms with Crippen LogP contribution in [-0.4, -0.2) is 61.6 Å². The van der Waals surface area contributed by atoms with E-state index in [9.17, 15) is 0 Å². The molecule has 0 heterocycles. The van der Waals surface area contributed by atoms with Gasteiger partial charge in [-0.3, -0.25) is 4.99 Å². The Kier molecular flexibility index (Phi) is 9.28. The van der Waals surface area contributed by atoms with Crippen LogP contribution in [-0.2, 0) is 0 Å². The van der Waals surface area contributed by atoms with Crippen LogP contribution in [0.4, 0.5) is 0 Å². The van der Waals surface area contributed by atoms with Crippen molar-refractivity contribution < 1.29 is 0 Å². The van der Waals surface area contributed by atoms with E-state index in [4.69, 9.17) is 0 Å². The smallest absolute Gasteiger partial charge is 0.191 e. The van der Waals surface area contributed by atoms with Crippen molar-refractivity contribution in [1.29, 1.82) is 0 Å². The number of nitrogens with zero attached hydrogens (tertiary/aromatic N) is 2. The van der Waals surface area contributed by atoms with E-state index in [1.165, 1.54) is 0 Å². The summed E-state index contributed by atoms with van der Waals surface area (Å²) in [5, 5.41) is 6.72. The number of hydrogen-bond acceptors (Lipinski definition) is 3. The van der Waals surface area contributed by atoms with E-state index in [1.54, 1.807) is 0 Å². The molecule has 2 N–H and O–H groups in total. The van der Waals surface area contributed by atoms with Gasteiger partial charge in [0.1, 0.15) is 0 Å². The molecule has 0 saturated heterocycles. The highest BCUT2D eigenvalue weighted by molar-refractivity contribution is 7.99. The van der Waals surface area contributed by atoms with Crippen molar-refractivity contribution in [2.24, 2.45) is 4.99 Å². The van der Waals surface area contributed by atoms with Crippen LogP contribution in [0, 0.1) is 0 Å². The van der Waals surface area contributed by atoms with Crippen LogP contribution in [0.25, 0.3) is 0 Å². The molecule has 0 fully saturated rings. The van der Waals surface area contributed by atoms with Crippen LogP contribution in [0.2, 0.25) is 0 Å². The lowest BCUT2D eigenvalue weighted by molar-refractivity contribution is 0.308. The van der Waals surface area contributed by atoms with Gasteiger partial charge in [-0.25, -0.2) is 0 Å². The Bertz CT molecular complexity index is 237. The topological polar surface area (TPSA) is 39.7 Å². The predicted molar refractivity (Wildman–Crippen MR) is 84.7 cm³/mol. The first kappa shape index (κ1) is 17.6. The zero-order chi connectivity index (χ0) is 14.0. The van der Waals surface area contributed by atoms with Crippen LogP contribution in [0.1, 0.15) is 27.7 Å². The fourth-order valence-corrected chi connectivity index (χ4v) is 1.68. The number of likely N-dealkylation sites (N-methyl/N-ethyl adjacent to an activating group) is 1. The number of guanidine groups is 1. The Hall–Kier alpha value is -0.420. The van der Waals surface area contributed by atoms with Gasteiger partial charge in [-0.05, 0) is 33.2 Å². The summed E-state index contributed by atoms with van der Waals surface area (Å²) in [4.78, 5) is 6.64. The first-order valence-corrected chi connectivity index (χ1v) is 7.93. The monoisotopic (exact) mass is 274 g/mol. The molecule has 0 aliphatic carbocycles. The molecule has 0 unspecified atom stereocenters. The lowest BCUT2D eigenvalue weighted by Gasteiger charge is -2.24. The molecule has 0 bridgehead atoms. The van der Waals surface area contributed by atoms with E-state index in [0.717, 1.165) is 38.7 Å². The summed E-state index contributed by atoms with van der Waals surface area (Å²) in [6.07, 6.45) is 2.14. The first-order valence-electron chi connectivity index (χ1n) is 6.71. The van der Waals surface area contributed by atoms with E-state index in [-0.39, 0.29) is 4.75 Å². The molecule has 0 radical (unpaired) electrons. The molecule has 0 aromatic carbocycles. The fourth-order valence-electron chi connectivity index (χ4n) is 1.46. The van der Waals surface area contributed by atoms with Gasteiger partial charge in [0.05, 0.1) is 0 Å². The molecule has 18 heavy (non-hydrogen) atoms. The van der Waals surface area contributed by atoms with Gasteiger partial charge in [0.2, 0.25) is 0 Å². The van der Waals surface area contributed by atoms with Gasteiger partial charge in [0.25, 0.3) is 0 Å². The molecular weight excluding hydrogens is 244 g/mol. The average Bonchev–Trinajstić information content (AvgIpc) is 2.38. The first-order chi connectivity index (χ1) is 8.49. The van der Waals surface area contributed by atoms with E-state index in [1.807, 2.05) is 18.8 Å². The highest BCUT2D eigenvalue weighted by Crippen LogP contribution is 2.19. The lowest BCUT2D eigenvalue weighted by atomic mass is 10.2. The van der Waals surface area contributed by atoms with Crippen molar-refractivity contribution in [3.8, 4) is 0 Å². The molecule has 0 aliphatic rings. The third-order valence-electron chi connectivity index (χ3n) is 3.07. The number of rotatable bonds is 8. The molecule has 4 nitrogen and oxygen atoms in total. The van der Waals surface area contributed by atoms with Crippen molar-refractivity contribution in [1.82, 2.24) is 15.5 Å². The van der Waals surface area contributed by atoms with Gasteiger partial charge in [-0.15, -0.1) is 0 Å². The third kappa shape index (κ3) is 7.82. The van der Waals surface area contributed by atoms with Gasteiger partial charge in [-0.2, -0.15) is 11.8 Å². The molecule has 0 atom stereocenters. The molecule has 0 rings (SSSR count). The third-order valence-corrected chi connectivity index (χ3v) is 4.32. The fraction of sp³-hybridized carbons (Fsp3) is 0.923.